The van der Waals surface area contributed by atoms with Gasteiger partial charge in [0.15, 0.2) is 15.5 Å². The standard InChI is InChI=1S/C22H27N5O4S/c1-16(9-12-28)14-26-10-7-17(8-11-26)27-21-20(13-25-27)22(24-15-23-21)31-18-3-5-19(6-4-18)32(2,29)30/h3-6,12-13,15-17H,7-11,14H2,1-2H3. The topological polar surface area (TPSA) is 107 Å². The number of aldehydes is 1. The fourth-order valence-electron chi connectivity index (χ4n) is 4.08. The quantitative estimate of drug-likeness (QED) is 0.475. The number of hydrogen-bond donors (Lipinski definition) is 0. The molecule has 1 aliphatic heterocycles. The Bertz CT molecular complexity index is 1180. The van der Waals surface area contributed by atoms with Crippen molar-refractivity contribution in [1.82, 2.24) is 24.6 Å². The van der Waals surface area contributed by atoms with Gasteiger partial charge < -0.3 is 14.4 Å². The van der Waals surface area contributed by atoms with Gasteiger partial charge in [0, 0.05) is 32.3 Å². The van der Waals surface area contributed by atoms with Crippen molar-refractivity contribution in [3.63, 3.8) is 0 Å². The maximum absolute atomic E-state index is 11.6. The molecule has 9 nitrogen and oxygen atoms in total. The highest BCUT2D eigenvalue weighted by Crippen LogP contribution is 2.31. The van der Waals surface area contributed by atoms with Gasteiger partial charge in [-0.1, -0.05) is 6.92 Å². The molecule has 3 heterocycles. The summed E-state index contributed by atoms with van der Waals surface area (Å²) in [5, 5.41) is 5.28. The molecule has 1 aromatic carbocycles. The molecule has 0 amide bonds. The molecular weight excluding hydrogens is 430 g/mol. The van der Waals surface area contributed by atoms with Crippen LogP contribution in [0.5, 0.6) is 11.6 Å². The number of carbonyl (C=O) groups excluding carboxylic acids is 1. The monoisotopic (exact) mass is 457 g/mol. The summed E-state index contributed by atoms with van der Waals surface area (Å²) in [6.07, 6.45) is 7.84. The number of sulfone groups is 1. The zero-order valence-corrected chi connectivity index (χ0v) is 19.0. The molecule has 32 heavy (non-hydrogen) atoms. The number of piperidine rings is 1. The maximum atomic E-state index is 11.6. The van der Waals surface area contributed by atoms with E-state index in [2.05, 4.69) is 26.9 Å². The third-order valence-electron chi connectivity index (χ3n) is 5.79. The Kier molecular flexibility index (Phi) is 6.52. The van der Waals surface area contributed by atoms with Crippen LogP contribution >= 0.6 is 0 Å². The molecule has 2 aromatic heterocycles. The van der Waals surface area contributed by atoms with Crippen molar-refractivity contribution in [2.24, 2.45) is 5.92 Å². The first kappa shape index (κ1) is 22.3. The summed E-state index contributed by atoms with van der Waals surface area (Å²) < 4.78 is 31.1. The van der Waals surface area contributed by atoms with Crippen molar-refractivity contribution in [2.75, 3.05) is 25.9 Å². The van der Waals surface area contributed by atoms with Gasteiger partial charge in [0.25, 0.3) is 0 Å². The van der Waals surface area contributed by atoms with Crippen LogP contribution in [0, 0.1) is 5.92 Å². The SMILES string of the molecule is CC(CC=O)CN1CCC(n2ncc3c(Oc4ccc(S(C)(=O)=O)cc4)ncnc32)CC1. The fourth-order valence-corrected chi connectivity index (χ4v) is 4.71. The molecule has 0 N–H and O–H groups in total. The lowest BCUT2D eigenvalue weighted by molar-refractivity contribution is -0.108. The number of ether oxygens (including phenoxy) is 1. The number of rotatable bonds is 8. The van der Waals surface area contributed by atoms with Gasteiger partial charge in [0.05, 0.1) is 17.1 Å². The molecule has 0 radical (unpaired) electrons. The van der Waals surface area contributed by atoms with Crippen LogP contribution < -0.4 is 4.74 Å². The summed E-state index contributed by atoms with van der Waals surface area (Å²) in [5.74, 6) is 1.24. The van der Waals surface area contributed by atoms with Gasteiger partial charge in [-0.25, -0.2) is 23.1 Å². The molecule has 0 bridgehead atoms. The average Bonchev–Trinajstić information content (AvgIpc) is 3.19. The molecule has 1 aliphatic rings. The molecule has 0 spiro atoms. The maximum Gasteiger partial charge on any atom is 0.233 e. The number of fused-ring (bicyclic) bond motifs is 1. The first-order chi connectivity index (χ1) is 15.3. The van der Waals surface area contributed by atoms with Gasteiger partial charge >= 0.3 is 0 Å². The van der Waals surface area contributed by atoms with Crippen LogP contribution in [0.2, 0.25) is 0 Å². The smallest absolute Gasteiger partial charge is 0.233 e. The molecule has 1 fully saturated rings. The van der Waals surface area contributed by atoms with Crippen LogP contribution in [0.25, 0.3) is 11.0 Å². The first-order valence-corrected chi connectivity index (χ1v) is 12.6. The number of aromatic nitrogens is 4. The highest BCUT2D eigenvalue weighted by atomic mass is 32.2. The largest absolute Gasteiger partial charge is 0.438 e. The van der Waals surface area contributed by atoms with Crippen molar-refractivity contribution in [3.05, 3.63) is 36.8 Å². The Morgan fingerprint density at radius 2 is 1.91 bits per heavy atom. The molecular formula is C22H27N5O4S. The molecule has 4 rings (SSSR count). The van der Waals surface area contributed by atoms with E-state index >= 15 is 0 Å². The summed E-state index contributed by atoms with van der Waals surface area (Å²) in [6.45, 7) is 4.95. The third-order valence-corrected chi connectivity index (χ3v) is 6.92. The summed E-state index contributed by atoms with van der Waals surface area (Å²) in [6, 6.07) is 6.47. The van der Waals surface area contributed by atoms with E-state index in [0.717, 1.165) is 44.4 Å². The van der Waals surface area contributed by atoms with Gasteiger partial charge in [-0.05, 0) is 43.0 Å². The predicted molar refractivity (Wildman–Crippen MR) is 120 cm³/mol. The number of nitrogens with zero attached hydrogens (tertiary/aromatic N) is 5. The number of likely N-dealkylation sites (tertiary alicyclic amines) is 1. The Labute approximate surface area is 187 Å². The van der Waals surface area contributed by atoms with Gasteiger partial charge in [0.2, 0.25) is 5.88 Å². The second-order valence-corrected chi connectivity index (χ2v) is 10.4. The van der Waals surface area contributed by atoms with Crippen molar-refractivity contribution in [1.29, 1.82) is 0 Å². The summed E-state index contributed by atoms with van der Waals surface area (Å²) >= 11 is 0. The zero-order chi connectivity index (χ0) is 22.7. The lowest BCUT2D eigenvalue weighted by Crippen LogP contribution is -2.37. The first-order valence-electron chi connectivity index (χ1n) is 10.7. The molecule has 170 valence electrons. The van der Waals surface area contributed by atoms with E-state index in [4.69, 9.17) is 4.74 Å². The Morgan fingerprint density at radius 1 is 1.19 bits per heavy atom. The van der Waals surface area contributed by atoms with Crippen LogP contribution in [-0.2, 0) is 14.6 Å². The second-order valence-electron chi connectivity index (χ2n) is 8.39. The molecule has 0 saturated carbocycles. The molecule has 10 heteroatoms. The lowest BCUT2D eigenvalue weighted by Gasteiger charge is -2.33. The summed E-state index contributed by atoms with van der Waals surface area (Å²) in [4.78, 5) is 22.0. The molecule has 3 aromatic rings. The Hall–Kier alpha value is -2.85. The van der Waals surface area contributed by atoms with Crippen molar-refractivity contribution in [3.8, 4) is 11.6 Å². The van der Waals surface area contributed by atoms with Gasteiger partial charge in [0.1, 0.15) is 23.7 Å². The number of benzene rings is 1. The van der Waals surface area contributed by atoms with Gasteiger partial charge in [-0.2, -0.15) is 5.10 Å². The Morgan fingerprint density at radius 3 is 2.56 bits per heavy atom. The minimum absolute atomic E-state index is 0.234. The number of carbonyl (C=O) groups is 1. The summed E-state index contributed by atoms with van der Waals surface area (Å²) in [7, 11) is -3.26. The van der Waals surface area contributed by atoms with Crippen LogP contribution in [0.15, 0.2) is 41.7 Å². The van der Waals surface area contributed by atoms with Gasteiger partial charge in [-0.3, -0.25) is 0 Å². The minimum Gasteiger partial charge on any atom is -0.438 e. The van der Waals surface area contributed by atoms with E-state index in [9.17, 15) is 13.2 Å². The molecule has 1 atom stereocenters. The van der Waals surface area contributed by atoms with Crippen LogP contribution in [0.1, 0.15) is 32.2 Å². The third kappa shape index (κ3) is 4.97. The molecule has 0 aliphatic carbocycles. The molecule has 1 unspecified atom stereocenters. The van der Waals surface area contributed by atoms with Gasteiger partial charge in [-0.15, -0.1) is 0 Å². The predicted octanol–water partition coefficient (Wildman–Crippen LogP) is 2.88. The zero-order valence-electron chi connectivity index (χ0n) is 18.2. The van der Waals surface area contributed by atoms with E-state index in [1.807, 2.05) is 4.68 Å². The number of hydrogen-bond acceptors (Lipinski definition) is 8. The van der Waals surface area contributed by atoms with Crippen molar-refractivity contribution in [2.45, 2.75) is 37.1 Å². The minimum atomic E-state index is -3.26. The van der Waals surface area contributed by atoms with E-state index in [1.165, 1.54) is 24.7 Å². The second kappa shape index (κ2) is 9.33. The summed E-state index contributed by atoms with van der Waals surface area (Å²) in [5.41, 5.74) is 0.718. The van der Waals surface area contributed by atoms with E-state index in [1.54, 1.807) is 18.3 Å². The van der Waals surface area contributed by atoms with Crippen LogP contribution in [0.4, 0.5) is 0 Å². The van der Waals surface area contributed by atoms with E-state index in [-0.39, 0.29) is 10.9 Å². The highest BCUT2D eigenvalue weighted by Gasteiger charge is 2.24. The van der Waals surface area contributed by atoms with Crippen molar-refractivity contribution >= 4 is 27.2 Å². The Balaban J connectivity index is 1.47. The van der Waals surface area contributed by atoms with E-state index < -0.39 is 9.84 Å². The average molecular weight is 458 g/mol. The van der Waals surface area contributed by atoms with Crippen LogP contribution in [0.3, 0.4) is 0 Å². The highest BCUT2D eigenvalue weighted by molar-refractivity contribution is 7.90. The molecule has 1 saturated heterocycles. The van der Waals surface area contributed by atoms with Crippen LogP contribution in [-0.4, -0.2) is 65.2 Å². The van der Waals surface area contributed by atoms with E-state index in [0.29, 0.717) is 29.4 Å². The van der Waals surface area contributed by atoms with Crippen molar-refractivity contribution < 1.29 is 17.9 Å². The lowest BCUT2D eigenvalue weighted by atomic mass is 10.0. The fraction of sp³-hybridized carbons (Fsp3) is 0.455. The normalized spacial score (nSPS) is 16.8.